The Balaban J connectivity index is 2.00. The summed E-state index contributed by atoms with van der Waals surface area (Å²) in [5.41, 5.74) is -0.649. The van der Waals surface area contributed by atoms with Crippen LogP contribution in [0.3, 0.4) is 0 Å². The first-order valence-electron chi connectivity index (χ1n) is 9.89. The van der Waals surface area contributed by atoms with Gasteiger partial charge in [-0.15, -0.1) is 0 Å². The summed E-state index contributed by atoms with van der Waals surface area (Å²) in [6, 6.07) is -0.461. The molecule has 3 rings (SSSR count). The summed E-state index contributed by atoms with van der Waals surface area (Å²) >= 11 is 0. The van der Waals surface area contributed by atoms with Crippen LogP contribution >= 0.6 is 0 Å². The smallest absolute Gasteiger partial charge is 0.255 e. The molecule has 0 aromatic rings. The van der Waals surface area contributed by atoms with Gasteiger partial charge in [-0.2, -0.15) is 0 Å². The Kier molecular flexibility index (Phi) is 4.75. The fourth-order valence-corrected chi connectivity index (χ4v) is 6.03. The number of fused-ring (bicyclic) bond motifs is 1. The van der Waals surface area contributed by atoms with Crippen LogP contribution in [0.1, 0.15) is 66.2 Å². The van der Waals surface area contributed by atoms with Crippen LogP contribution in [0.4, 0.5) is 0 Å². The number of aliphatic hydroxyl groups is 1. The molecule has 1 saturated heterocycles. The van der Waals surface area contributed by atoms with E-state index in [4.69, 9.17) is 17.9 Å². The van der Waals surface area contributed by atoms with Crippen molar-refractivity contribution in [3.63, 3.8) is 0 Å². The first-order chi connectivity index (χ1) is 12.1. The number of rotatable bonds is 2. The van der Waals surface area contributed by atoms with Gasteiger partial charge in [-0.1, -0.05) is 12.2 Å². The zero-order valence-corrected chi connectivity index (χ0v) is 16.6. The second kappa shape index (κ2) is 6.36. The van der Waals surface area contributed by atoms with Gasteiger partial charge in [-0.25, -0.2) is 13.1 Å². The van der Waals surface area contributed by atoms with Gasteiger partial charge >= 0.3 is 0 Å². The molecule has 4 nitrogen and oxygen atoms in total. The maximum atomic E-state index is 11.0. The third-order valence-electron chi connectivity index (χ3n) is 7.70. The molecule has 3 aliphatic rings. The lowest BCUT2D eigenvalue weighted by Gasteiger charge is -2.53. The van der Waals surface area contributed by atoms with Crippen molar-refractivity contribution in [2.75, 3.05) is 0 Å². The number of nitrogens with zero attached hydrogens (tertiary/aromatic N) is 2. The van der Waals surface area contributed by atoms with Crippen LogP contribution in [0.5, 0.6) is 0 Å². The zero-order chi connectivity index (χ0) is 19.3. The van der Waals surface area contributed by atoms with Crippen LogP contribution in [-0.2, 0) is 4.74 Å². The average Bonchev–Trinajstić information content (AvgIpc) is 2.98. The highest BCUT2D eigenvalue weighted by atomic mass is 16.5. The summed E-state index contributed by atoms with van der Waals surface area (Å²) in [6.45, 7) is 27.8. The van der Waals surface area contributed by atoms with E-state index in [0.717, 1.165) is 37.7 Å². The van der Waals surface area contributed by atoms with E-state index in [2.05, 4.69) is 30.1 Å². The molecule has 0 aromatic heterocycles. The number of hydrogen-bond donors (Lipinski definition) is 1. The van der Waals surface area contributed by atoms with E-state index in [-0.39, 0.29) is 29.5 Å². The van der Waals surface area contributed by atoms with Crippen LogP contribution in [0, 0.1) is 30.9 Å². The molecule has 8 atom stereocenters. The molecule has 0 amide bonds. The summed E-state index contributed by atoms with van der Waals surface area (Å²) in [5.74, 6) is 0.373. The van der Waals surface area contributed by atoms with Crippen molar-refractivity contribution in [1.29, 1.82) is 0 Å². The topological polar surface area (TPSA) is 38.2 Å². The Labute approximate surface area is 158 Å². The van der Waals surface area contributed by atoms with Crippen LogP contribution in [0.15, 0.2) is 12.2 Å². The van der Waals surface area contributed by atoms with Gasteiger partial charge in [-0.3, -0.25) is 0 Å². The van der Waals surface area contributed by atoms with E-state index in [1.807, 2.05) is 6.92 Å². The van der Waals surface area contributed by atoms with Gasteiger partial charge in [0.1, 0.15) is 5.60 Å². The molecular formula is C22H32N2O2. The summed E-state index contributed by atoms with van der Waals surface area (Å²) in [7, 11) is 0. The third-order valence-corrected chi connectivity index (χ3v) is 7.70. The van der Waals surface area contributed by atoms with E-state index in [1.54, 1.807) is 6.92 Å². The predicted octanol–water partition coefficient (Wildman–Crippen LogP) is 4.65. The van der Waals surface area contributed by atoms with Crippen molar-refractivity contribution in [2.45, 2.75) is 95.1 Å². The summed E-state index contributed by atoms with van der Waals surface area (Å²) < 4.78 is 6.50. The zero-order valence-electron chi connectivity index (χ0n) is 16.6. The van der Waals surface area contributed by atoms with Crippen LogP contribution < -0.4 is 0 Å². The lowest BCUT2D eigenvalue weighted by atomic mass is 9.51. The summed E-state index contributed by atoms with van der Waals surface area (Å²) in [5, 5.41) is 11.0. The summed E-state index contributed by atoms with van der Waals surface area (Å²) in [4.78, 5) is 7.93. The maximum absolute atomic E-state index is 11.0. The van der Waals surface area contributed by atoms with E-state index >= 15 is 0 Å². The largest absolute Gasteiger partial charge is 0.382 e. The fourth-order valence-electron chi connectivity index (χ4n) is 6.03. The van der Waals surface area contributed by atoms with Gasteiger partial charge in [0.15, 0.2) is 0 Å². The van der Waals surface area contributed by atoms with Crippen LogP contribution in [0.2, 0.25) is 0 Å². The maximum Gasteiger partial charge on any atom is 0.255 e. The monoisotopic (exact) mass is 356 g/mol. The molecule has 1 heterocycles. The molecule has 26 heavy (non-hydrogen) atoms. The van der Waals surface area contributed by atoms with Gasteiger partial charge in [0.05, 0.1) is 17.6 Å². The minimum absolute atomic E-state index is 0.0120. The molecule has 2 saturated carbocycles. The molecule has 2 aliphatic carbocycles. The average molecular weight is 357 g/mol. The first-order valence-corrected chi connectivity index (χ1v) is 9.89. The van der Waals surface area contributed by atoms with E-state index in [1.165, 1.54) is 0 Å². The van der Waals surface area contributed by atoms with E-state index in [0.29, 0.717) is 6.42 Å². The minimum atomic E-state index is -0.982. The SMILES string of the molecule is [C-]#[N+]C1C2C(CCC1(C)O)C(C)([N+]#[C-])CCC2C1(C)CCC(C(=C)C)O1. The minimum Gasteiger partial charge on any atom is -0.382 e. The van der Waals surface area contributed by atoms with Gasteiger partial charge in [0, 0.05) is 19.3 Å². The Morgan fingerprint density at radius 2 is 1.73 bits per heavy atom. The second-order valence-electron chi connectivity index (χ2n) is 9.57. The molecule has 1 aliphatic heterocycles. The highest BCUT2D eigenvalue weighted by Crippen LogP contribution is 2.58. The Hall–Kier alpha value is -1.36. The summed E-state index contributed by atoms with van der Waals surface area (Å²) in [6.07, 6.45) is 5.18. The van der Waals surface area contributed by atoms with Crippen molar-refractivity contribution >= 4 is 0 Å². The molecule has 0 radical (unpaired) electrons. The molecule has 3 fully saturated rings. The Morgan fingerprint density at radius 1 is 1.08 bits per heavy atom. The van der Waals surface area contributed by atoms with Gasteiger partial charge < -0.3 is 19.5 Å². The molecule has 0 bridgehead atoms. The van der Waals surface area contributed by atoms with Crippen molar-refractivity contribution in [3.05, 3.63) is 35.0 Å². The lowest BCUT2D eigenvalue weighted by Crippen LogP contribution is -2.61. The molecule has 1 N–H and O–H groups in total. The third kappa shape index (κ3) is 2.88. The molecule has 4 heteroatoms. The molecule has 0 spiro atoms. The van der Waals surface area contributed by atoms with Crippen molar-refractivity contribution in [1.82, 2.24) is 0 Å². The fraction of sp³-hybridized carbons (Fsp3) is 0.818. The quantitative estimate of drug-likeness (QED) is 0.577. The first kappa shape index (κ1) is 19.4. The number of ether oxygens (including phenoxy) is 1. The lowest BCUT2D eigenvalue weighted by molar-refractivity contribution is -0.137. The normalized spacial score (nSPS) is 51.1. The molecule has 0 aromatic carbocycles. The predicted molar refractivity (Wildman–Crippen MR) is 102 cm³/mol. The highest BCUT2D eigenvalue weighted by molar-refractivity contribution is 5.19. The van der Waals surface area contributed by atoms with Crippen LogP contribution in [-0.4, -0.2) is 34.0 Å². The molecular weight excluding hydrogens is 324 g/mol. The van der Waals surface area contributed by atoms with Crippen molar-refractivity contribution in [2.24, 2.45) is 17.8 Å². The Bertz CT molecular complexity index is 673. The van der Waals surface area contributed by atoms with Crippen molar-refractivity contribution in [3.8, 4) is 0 Å². The van der Waals surface area contributed by atoms with Gasteiger partial charge in [0.2, 0.25) is 5.54 Å². The van der Waals surface area contributed by atoms with Crippen molar-refractivity contribution < 1.29 is 9.84 Å². The molecule has 142 valence electrons. The van der Waals surface area contributed by atoms with Crippen LogP contribution in [0.25, 0.3) is 9.69 Å². The molecule has 8 unspecified atom stereocenters. The van der Waals surface area contributed by atoms with E-state index in [9.17, 15) is 5.11 Å². The van der Waals surface area contributed by atoms with E-state index < -0.39 is 17.2 Å². The second-order valence-corrected chi connectivity index (χ2v) is 9.57. The standard InChI is InChI=1S/C22H32N2O2/c1-14(2)17-10-13-22(5,26-17)16-8-11-20(3,24-7)15-9-12-21(4,25)19(23-6)18(15)16/h15-19,25H,1,8-13H2,2-5H3. The van der Waals surface area contributed by atoms with Gasteiger partial charge in [-0.05, 0) is 58.8 Å². The Morgan fingerprint density at radius 3 is 2.27 bits per heavy atom. The highest BCUT2D eigenvalue weighted by Gasteiger charge is 2.65. The number of hydrogen-bond acceptors (Lipinski definition) is 2. The van der Waals surface area contributed by atoms with Gasteiger partial charge in [0.25, 0.3) is 6.04 Å².